The number of esters is 1. The minimum atomic E-state index is -0.464. The van der Waals surface area contributed by atoms with Gasteiger partial charge in [-0.3, -0.25) is 4.79 Å². The van der Waals surface area contributed by atoms with E-state index in [4.69, 9.17) is 4.74 Å². The van der Waals surface area contributed by atoms with Gasteiger partial charge in [0.15, 0.2) is 0 Å². The molecule has 0 fully saturated rings. The molecule has 16 heavy (non-hydrogen) atoms. The van der Waals surface area contributed by atoms with Gasteiger partial charge in [0.05, 0.1) is 5.41 Å². The molecule has 96 valence electrons. The standard InChI is InChI=1S/C10H20O2S4/c11-9(12-4-8-16)10(1-5-13,2-6-14)3-7-15/h13-16H,1-8H2. The molecular formula is C10H20O2S4. The minimum absolute atomic E-state index is 0.154. The molecule has 0 aromatic heterocycles. The van der Waals surface area contributed by atoms with Crippen LogP contribution in [-0.2, 0) is 9.53 Å². The van der Waals surface area contributed by atoms with Crippen LogP contribution in [0, 0.1) is 5.41 Å². The van der Waals surface area contributed by atoms with Gasteiger partial charge in [0.2, 0.25) is 0 Å². The van der Waals surface area contributed by atoms with Gasteiger partial charge in [0.25, 0.3) is 0 Å². The van der Waals surface area contributed by atoms with Crippen LogP contribution in [-0.4, -0.2) is 35.6 Å². The summed E-state index contributed by atoms with van der Waals surface area (Å²) < 4.78 is 5.20. The van der Waals surface area contributed by atoms with E-state index in [1.54, 1.807) is 0 Å². The number of carbonyl (C=O) groups is 1. The molecule has 0 aromatic rings. The fraction of sp³-hybridized carbons (Fsp3) is 0.900. The van der Waals surface area contributed by atoms with E-state index in [0.29, 0.717) is 48.9 Å². The molecule has 0 spiro atoms. The fourth-order valence-corrected chi connectivity index (χ4v) is 2.99. The van der Waals surface area contributed by atoms with Crippen LogP contribution in [0.4, 0.5) is 0 Å². The molecule has 0 aliphatic heterocycles. The summed E-state index contributed by atoms with van der Waals surface area (Å²) in [5.41, 5.74) is -0.464. The van der Waals surface area contributed by atoms with Gasteiger partial charge in [-0.2, -0.15) is 50.5 Å². The van der Waals surface area contributed by atoms with Crippen molar-refractivity contribution < 1.29 is 9.53 Å². The Labute approximate surface area is 120 Å². The third-order valence-electron chi connectivity index (χ3n) is 2.53. The van der Waals surface area contributed by atoms with E-state index in [9.17, 15) is 4.79 Å². The topological polar surface area (TPSA) is 26.3 Å². The first-order chi connectivity index (χ1) is 7.66. The monoisotopic (exact) mass is 300 g/mol. The Morgan fingerprint density at radius 2 is 1.31 bits per heavy atom. The summed E-state index contributed by atoms with van der Waals surface area (Å²) in [4.78, 5) is 12.0. The Hall–Kier alpha value is 0.870. The minimum Gasteiger partial charge on any atom is -0.464 e. The number of carbonyl (C=O) groups excluding carboxylic acids is 1. The van der Waals surface area contributed by atoms with Crippen molar-refractivity contribution in [1.82, 2.24) is 0 Å². The van der Waals surface area contributed by atoms with Gasteiger partial charge in [0.1, 0.15) is 6.61 Å². The van der Waals surface area contributed by atoms with Crippen LogP contribution in [0.3, 0.4) is 0 Å². The molecule has 0 aliphatic rings. The summed E-state index contributed by atoms with van der Waals surface area (Å²) in [6, 6.07) is 0. The molecular weight excluding hydrogens is 280 g/mol. The van der Waals surface area contributed by atoms with Crippen molar-refractivity contribution in [3.63, 3.8) is 0 Å². The van der Waals surface area contributed by atoms with E-state index in [1.807, 2.05) is 0 Å². The number of hydrogen-bond donors (Lipinski definition) is 4. The number of ether oxygens (including phenoxy) is 1. The quantitative estimate of drug-likeness (QED) is 0.389. The molecule has 0 aliphatic carbocycles. The molecule has 2 nitrogen and oxygen atoms in total. The molecule has 0 unspecified atom stereocenters. The Bertz CT molecular complexity index is 182. The maximum Gasteiger partial charge on any atom is 0.312 e. The van der Waals surface area contributed by atoms with E-state index < -0.39 is 5.41 Å². The van der Waals surface area contributed by atoms with Gasteiger partial charge in [0, 0.05) is 5.75 Å². The van der Waals surface area contributed by atoms with Gasteiger partial charge in [-0.05, 0) is 36.5 Å². The van der Waals surface area contributed by atoms with E-state index in [2.05, 4.69) is 50.5 Å². The highest BCUT2D eigenvalue weighted by molar-refractivity contribution is 7.80. The zero-order valence-electron chi connectivity index (χ0n) is 9.26. The first kappa shape index (κ1) is 16.9. The average Bonchev–Trinajstić information content (AvgIpc) is 2.26. The SMILES string of the molecule is O=C(OCCS)C(CCS)(CCS)CCS. The predicted molar refractivity (Wildman–Crippen MR) is 82.7 cm³/mol. The second-order valence-electron chi connectivity index (χ2n) is 3.56. The highest BCUT2D eigenvalue weighted by atomic mass is 32.1. The van der Waals surface area contributed by atoms with Crippen LogP contribution in [0.15, 0.2) is 0 Å². The lowest BCUT2D eigenvalue weighted by Crippen LogP contribution is -2.35. The number of hydrogen-bond acceptors (Lipinski definition) is 6. The van der Waals surface area contributed by atoms with Gasteiger partial charge >= 0.3 is 5.97 Å². The summed E-state index contributed by atoms with van der Waals surface area (Å²) in [6.45, 7) is 0.357. The largest absolute Gasteiger partial charge is 0.464 e. The summed E-state index contributed by atoms with van der Waals surface area (Å²) >= 11 is 16.7. The second kappa shape index (κ2) is 9.85. The second-order valence-corrected chi connectivity index (χ2v) is 5.35. The molecule has 0 aromatic carbocycles. The number of thiol groups is 4. The predicted octanol–water partition coefficient (Wildman–Crippen LogP) is 2.41. The Balaban J connectivity index is 4.62. The first-order valence-corrected chi connectivity index (χ1v) is 7.80. The molecule has 0 radical (unpaired) electrons. The molecule has 0 saturated carbocycles. The van der Waals surface area contributed by atoms with Crippen LogP contribution >= 0.6 is 50.5 Å². The van der Waals surface area contributed by atoms with Crippen LogP contribution < -0.4 is 0 Å². The summed E-state index contributed by atoms with van der Waals surface area (Å²) in [7, 11) is 0. The normalized spacial score (nSPS) is 11.5. The zero-order valence-corrected chi connectivity index (χ0v) is 12.8. The molecule has 0 saturated heterocycles. The molecule has 0 rings (SSSR count). The number of rotatable bonds is 9. The highest BCUT2D eigenvalue weighted by Crippen LogP contribution is 2.34. The maximum atomic E-state index is 12.0. The lowest BCUT2D eigenvalue weighted by molar-refractivity contribution is -0.155. The molecule has 0 N–H and O–H groups in total. The van der Waals surface area contributed by atoms with Gasteiger partial charge < -0.3 is 4.74 Å². The smallest absolute Gasteiger partial charge is 0.312 e. The highest BCUT2D eigenvalue weighted by Gasteiger charge is 2.37. The van der Waals surface area contributed by atoms with Crippen LogP contribution in [0.2, 0.25) is 0 Å². The lowest BCUT2D eigenvalue weighted by atomic mass is 9.79. The molecule has 0 heterocycles. The molecule has 6 heteroatoms. The lowest BCUT2D eigenvalue weighted by Gasteiger charge is -2.30. The van der Waals surface area contributed by atoms with E-state index in [0.717, 1.165) is 0 Å². The van der Waals surface area contributed by atoms with Crippen molar-refractivity contribution in [2.24, 2.45) is 5.41 Å². The average molecular weight is 301 g/mol. The molecule has 0 amide bonds. The fourth-order valence-electron chi connectivity index (χ4n) is 1.61. The first-order valence-electron chi connectivity index (χ1n) is 5.27. The third kappa shape index (κ3) is 5.47. The van der Waals surface area contributed by atoms with Crippen LogP contribution in [0.1, 0.15) is 19.3 Å². The van der Waals surface area contributed by atoms with Crippen molar-refractivity contribution >= 4 is 56.5 Å². The third-order valence-corrected chi connectivity index (χ3v) is 3.38. The summed E-state index contributed by atoms with van der Waals surface area (Å²) in [6.07, 6.45) is 2.13. The Kier molecular flexibility index (Phi) is 10.4. The van der Waals surface area contributed by atoms with Crippen molar-refractivity contribution in [2.45, 2.75) is 19.3 Å². The van der Waals surface area contributed by atoms with Crippen LogP contribution in [0.25, 0.3) is 0 Å². The van der Waals surface area contributed by atoms with Gasteiger partial charge in [-0.1, -0.05) is 0 Å². The summed E-state index contributed by atoms with van der Waals surface area (Å²) in [5, 5.41) is 0. The van der Waals surface area contributed by atoms with Crippen LogP contribution in [0.5, 0.6) is 0 Å². The Morgan fingerprint density at radius 3 is 1.62 bits per heavy atom. The zero-order chi connectivity index (χ0) is 12.4. The van der Waals surface area contributed by atoms with Crippen molar-refractivity contribution in [2.75, 3.05) is 29.6 Å². The molecule has 0 bridgehead atoms. The van der Waals surface area contributed by atoms with Gasteiger partial charge in [-0.25, -0.2) is 0 Å². The molecule has 0 atom stereocenters. The van der Waals surface area contributed by atoms with Crippen molar-refractivity contribution in [3.05, 3.63) is 0 Å². The van der Waals surface area contributed by atoms with Crippen molar-refractivity contribution in [3.8, 4) is 0 Å². The van der Waals surface area contributed by atoms with E-state index in [1.165, 1.54) is 0 Å². The van der Waals surface area contributed by atoms with E-state index >= 15 is 0 Å². The van der Waals surface area contributed by atoms with E-state index in [-0.39, 0.29) is 5.97 Å². The maximum absolute atomic E-state index is 12.0. The Morgan fingerprint density at radius 1 is 0.875 bits per heavy atom. The van der Waals surface area contributed by atoms with Gasteiger partial charge in [-0.15, -0.1) is 0 Å². The summed E-state index contributed by atoms with van der Waals surface area (Å²) in [5.74, 6) is 2.38. The van der Waals surface area contributed by atoms with Crippen molar-refractivity contribution in [1.29, 1.82) is 0 Å².